The maximum atomic E-state index is 5.69. The fourth-order valence-corrected chi connectivity index (χ4v) is 2.27. The van der Waals surface area contributed by atoms with Crippen LogP contribution in [0.2, 0.25) is 0 Å². The molecule has 1 aromatic heterocycles. The van der Waals surface area contributed by atoms with Gasteiger partial charge in [-0.3, -0.25) is 16.0 Å². The molecule has 0 fully saturated rings. The standard InChI is InChI=1S/C15H22N4O/c1-3-20-14-6-4-5-12(11-14)15(18-16)8-7-13-9-10-17-19(13)2/h4-6,9-11,15,18H,3,7-8,16H2,1-2H3. The van der Waals surface area contributed by atoms with E-state index in [0.717, 1.165) is 24.2 Å². The molecule has 0 bridgehead atoms. The molecule has 0 amide bonds. The molecule has 0 radical (unpaired) electrons. The third-order valence-corrected chi connectivity index (χ3v) is 3.38. The van der Waals surface area contributed by atoms with Crippen molar-refractivity contribution in [2.75, 3.05) is 6.61 Å². The first kappa shape index (κ1) is 14.6. The smallest absolute Gasteiger partial charge is 0.119 e. The highest BCUT2D eigenvalue weighted by atomic mass is 16.5. The van der Waals surface area contributed by atoms with Crippen molar-refractivity contribution >= 4 is 0 Å². The Bertz CT molecular complexity index is 538. The Hall–Kier alpha value is -1.85. The minimum atomic E-state index is 0.102. The molecule has 1 heterocycles. The molecule has 0 aliphatic heterocycles. The van der Waals surface area contributed by atoms with Gasteiger partial charge in [-0.05, 0) is 43.5 Å². The van der Waals surface area contributed by atoms with Crippen LogP contribution in [0, 0.1) is 0 Å². The quantitative estimate of drug-likeness (QED) is 0.598. The number of hydrogen-bond acceptors (Lipinski definition) is 4. The van der Waals surface area contributed by atoms with Gasteiger partial charge in [0.05, 0.1) is 6.61 Å². The average molecular weight is 274 g/mol. The lowest BCUT2D eigenvalue weighted by molar-refractivity contribution is 0.339. The summed E-state index contributed by atoms with van der Waals surface area (Å²) < 4.78 is 7.42. The van der Waals surface area contributed by atoms with Crippen molar-refractivity contribution in [2.45, 2.75) is 25.8 Å². The molecule has 0 saturated heterocycles. The summed E-state index contributed by atoms with van der Waals surface area (Å²) in [7, 11) is 1.95. The topological polar surface area (TPSA) is 65.1 Å². The van der Waals surface area contributed by atoms with Crippen molar-refractivity contribution in [1.29, 1.82) is 0 Å². The van der Waals surface area contributed by atoms with Crippen LogP contribution in [0.1, 0.15) is 30.6 Å². The number of nitrogens with zero attached hydrogens (tertiary/aromatic N) is 2. The lowest BCUT2D eigenvalue weighted by Gasteiger charge is -2.17. The summed E-state index contributed by atoms with van der Waals surface area (Å²) in [6.45, 7) is 2.65. The zero-order chi connectivity index (χ0) is 14.4. The molecule has 1 atom stereocenters. The number of ether oxygens (including phenoxy) is 1. The van der Waals surface area contributed by atoms with Crippen molar-refractivity contribution in [1.82, 2.24) is 15.2 Å². The molecule has 20 heavy (non-hydrogen) atoms. The minimum Gasteiger partial charge on any atom is -0.494 e. The highest BCUT2D eigenvalue weighted by Crippen LogP contribution is 2.22. The number of rotatable bonds is 7. The highest BCUT2D eigenvalue weighted by Gasteiger charge is 2.11. The molecule has 3 N–H and O–H groups in total. The molecule has 2 rings (SSSR count). The first-order chi connectivity index (χ1) is 9.74. The van der Waals surface area contributed by atoms with Gasteiger partial charge < -0.3 is 4.74 Å². The van der Waals surface area contributed by atoms with Gasteiger partial charge in [0.2, 0.25) is 0 Å². The Kier molecular flexibility index (Phi) is 5.15. The predicted molar refractivity (Wildman–Crippen MR) is 79.2 cm³/mol. The van der Waals surface area contributed by atoms with Crippen LogP contribution < -0.4 is 16.0 Å². The summed E-state index contributed by atoms with van der Waals surface area (Å²) in [5.41, 5.74) is 5.22. The van der Waals surface area contributed by atoms with Crippen LogP contribution in [0.3, 0.4) is 0 Å². The molecule has 1 aromatic carbocycles. The van der Waals surface area contributed by atoms with Crippen LogP contribution in [-0.2, 0) is 13.5 Å². The monoisotopic (exact) mass is 274 g/mol. The highest BCUT2D eigenvalue weighted by molar-refractivity contribution is 5.30. The van der Waals surface area contributed by atoms with E-state index in [1.54, 1.807) is 0 Å². The average Bonchev–Trinajstić information content (AvgIpc) is 2.86. The summed E-state index contributed by atoms with van der Waals surface area (Å²) >= 11 is 0. The Labute approximate surface area is 119 Å². The molecule has 0 aliphatic rings. The molecule has 0 spiro atoms. The second-order valence-corrected chi connectivity index (χ2v) is 4.71. The summed E-state index contributed by atoms with van der Waals surface area (Å²) in [4.78, 5) is 0. The van der Waals surface area contributed by atoms with E-state index in [4.69, 9.17) is 10.6 Å². The van der Waals surface area contributed by atoms with Gasteiger partial charge in [0.25, 0.3) is 0 Å². The van der Waals surface area contributed by atoms with Crippen molar-refractivity contribution in [3.05, 3.63) is 47.8 Å². The SMILES string of the molecule is CCOc1cccc(C(CCc2ccnn2C)NN)c1. The second-order valence-electron chi connectivity index (χ2n) is 4.71. The van der Waals surface area contributed by atoms with Crippen LogP contribution >= 0.6 is 0 Å². The van der Waals surface area contributed by atoms with Crippen LogP contribution in [0.15, 0.2) is 36.5 Å². The molecule has 2 aromatic rings. The maximum absolute atomic E-state index is 5.69. The number of aryl methyl sites for hydroxylation is 2. The molecular weight excluding hydrogens is 252 g/mol. The first-order valence-corrected chi connectivity index (χ1v) is 6.90. The lowest BCUT2D eigenvalue weighted by atomic mass is 10.0. The molecular formula is C15H22N4O. The number of nitrogens with one attached hydrogen (secondary N) is 1. The van der Waals surface area contributed by atoms with Gasteiger partial charge in [-0.2, -0.15) is 5.10 Å². The van der Waals surface area contributed by atoms with Gasteiger partial charge in [0.1, 0.15) is 5.75 Å². The van der Waals surface area contributed by atoms with Crippen LogP contribution in [-0.4, -0.2) is 16.4 Å². The van der Waals surface area contributed by atoms with E-state index >= 15 is 0 Å². The lowest BCUT2D eigenvalue weighted by Crippen LogP contribution is -2.28. The van der Waals surface area contributed by atoms with Gasteiger partial charge in [-0.25, -0.2) is 0 Å². The predicted octanol–water partition coefficient (Wildman–Crippen LogP) is 1.96. The molecule has 5 heteroatoms. The van der Waals surface area contributed by atoms with E-state index in [9.17, 15) is 0 Å². The number of hydrogen-bond donors (Lipinski definition) is 2. The normalized spacial score (nSPS) is 12.3. The van der Waals surface area contributed by atoms with Crippen molar-refractivity contribution in [3.8, 4) is 5.75 Å². The second kappa shape index (κ2) is 7.07. The number of benzene rings is 1. The molecule has 0 aliphatic carbocycles. The van der Waals surface area contributed by atoms with Crippen LogP contribution in [0.25, 0.3) is 0 Å². The van der Waals surface area contributed by atoms with Gasteiger partial charge >= 0.3 is 0 Å². The summed E-state index contributed by atoms with van der Waals surface area (Å²) in [5, 5.41) is 4.18. The Balaban J connectivity index is 2.04. The largest absolute Gasteiger partial charge is 0.494 e. The number of hydrazine groups is 1. The van der Waals surface area contributed by atoms with E-state index in [2.05, 4.69) is 16.6 Å². The zero-order valence-electron chi connectivity index (χ0n) is 12.0. The summed E-state index contributed by atoms with van der Waals surface area (Å²) in [6.07, 6.45) is 3.64. The first-order valence-electron chi connectivity index (χ1n) is 6.90. The van der Waals surface area contributed by atoms with Crippen molar-refractivity contribution in [2.24, 2.45) is 12.9 Å². The Morgan fingerprint density at radius 1 is 1.40 bits per heavy atom. The van der Waals surface area contributed by atoms with E-state index in [0.29, 0.717) is 6.61 Å². The van der Waals surface area contributed by atoms with Gasteiger partial charge in [-0.1, -0.05) is 12.1 Å². The van der Waals surface area contributed by atoms with E-state index in [1.165, 1.54) is 5.69 Å². The molecule has 1 unspecified atom stereocenters. The van der Waals surface area contributed by atoms with E-state index in [1.807, 2.05) is 49.1 Å². The third kappa shape index (κ3) is 3.59. The number of aromatic nitrogens is 2. The van der Waals surface area contributed by atoms with E-state index in [-0.39, 0.29) is 6.04 Å². The van der Waals surface area contributed by atoms with Crippen molar-refractivity contribution < 1.29 is 4.74 Å². The maximum Gasteiger partial charge on any atom is 0.119 e. The van der Waals surface area contributed by atoms with Gasteiger partial charge in [0.15, 0.2) is 0 Å². The van der Waals surface area contributed by atoms with Crippen molar-refractivity contribution in [3.63, 3.8) is 0 Å². The fraction of sp³-hybridized carbons (Fsp3) is 0.400. The summed E-state index contributed by atoms with van der Waals surface area (Å²) in [5.74, 6) is 6.57. The zero-order valence-corrected chi connectivity index (χ0v) is 12.0. The van der Waals surface area contributed by atoms with Crippen LogP contribution in [0.5, 0.6) is 5.75 Å². The fourth-order valence-electron chi connectivity index (χ4n) is 2.27. The van der Waals surface area contributed by atoms with Crippen LogP contribution in [0.4, 0.5) is 0 Å². The van der Waals surface area contributed by atoms with E-state index < -0.39 is 0 Å². The van der Waals surface area contributed by atoms with Gasteiger partial charge in [-0.15, -0.1) is 0 Å². The molecule has 108 valence electrons. The minimum absolute atomic E-state index is 0.102. The Morgan fingerprint density at radius 3 is 2.90 bits per heavy atom. The Morgan fingerprint density at radius 2 is 2.25 bits per heavy atom. The third-order valence-electron chi connectivity index (χ3n) is 3.38. The summed E-state index contributed by atoms with van der Waals surface area (Å²) in [6, 6.07) is 10.2. The molecule has 0 saturated carbocycles. The van der Waals surface area contributed by atoms with Gasteiger partial charge in [0, 0.05) is 25.0 Å². The number of nitrogens with two attached hydrogens (primary N) is 1. The molecule has 5 nitrogen and oxygen atoms in total.